The summed E-state index contributed by atoms with van der Waals surface area (Å²) in [7, 11) is 0. The third-order valence-corrected chi connectivity index (χ3v) is 4.67. The number of carbonyl (C=O) groups excluding carboxylic acids is 1. The van der Waals surface area contributed by atoms with E-state index < -0.39 is 11.7 Å². The zero-order valence-electron chi connectivity index (χ0n) is 16.8. The second-order valence-corrected chi connectivity index (χ2v) is 7.05. The Morgan fingerprint density at radius 1 is 0.808 bits per heavy atom. The van der Waals surface area contributed by atoms with Gasteiger partial charge in [0.05, 0.1) is 13.2 Å². The van der Waals surface area contributed by atoms with Gasteiger partial charge in [-0.1, -0.05) is 103 Å². The molecule has 0 amide bonds. The first kappa shape index (κ1) is 24.5. The molecule has 150 valence electrons. The van der Waals surface area contributed by atoms with Gasteiger partial charge in [-0.2, -0.15) is 0 Å². The zero-order chi connectivity index (χ0) is 19.3. The molecule has 0 heterocycles. The van der Waals surface area contributed by atoms with Gasteiger partial charge in [-0.25, -0.2) is 4.85 Å². The van der Waals surface area contributed by atoms with E-state index >= 15 is 0 Å². The molecule has 0 rings (SSSR count). The van der Waals surface area contributed by atoms with Crippen LogP contribution in [0.5, 0.6) is 0 Å². The summed E-state index contributed by atoms with van der Waals surface area (Å²) in [5, 5.41) is 10.4. The van der Waals surface area contributed by atoms with Crippen LogP contribution in [-0.4, -0.2) is 12.6 Å². The van der Waals surface area contributed by atoms with Crippen LogP contribution in [0.4, 0.5) is 0 Å². The molecule has 0 aliphatic heterocycles. The number of unbranched alkanes of at least 4 members (excludes halogenated alkanes) is 15. The van der Waals surface area contributed by atoms with Crippen LogP contribution in [-0.2, 0) is 9.53 Å². The van der Waals surface area contributed by atoms with E-state index in [1.807, 2.05) is 0 Å². The van der Waals surface area contributed by atoms with Crippen LogP contribution < -0.4 is 5.11 Å². The first-order valence-corrected chi connectivity index (χ1v) is 10.6. The standard InChI is InChI=1S/C22H39NO3/c1-3-4-5-6-7-8-9-10-11-12-13-14-15-16-17-18-19-26-22(25)21(20-24)23-2/h20,24H,3-19H2,1H3/p-1/b21-20+. The molecule has 0 unspecified atom stereocenters. The highest BCUT2D eigenvalue weighted by Gasteiger charge is 2.07. The summed E-state index contributed by atoms with van der Waals surface area (Å²) in [6.45, 7) is 9.21. The second kappa shape index (κ2) is 19.8. The highest BCUT2D eigenvalue weighted by atomic mass is 16.5. The molecule has 4 nitrogen and oxygen atoms in total. The summed E-state index contributed by atoms with van der Waals surface area (Å²) in [6, 6.07) is 0. The molecule has 0 spiro atoms. The molecule has 0 saturated heterocycles. The number of hydrogen-bond donors (Lipinski definition) is 0. The SMILES string of the molecule is [C-]#[N+]/C(=C/[O-])C(=O)OCCCCCCCCCCCCCCCCCC. The van der Waals surface area contributed by atoms with Crippen molar-refractivity contribution in [2.24, 2.45) is 0 Å². The van der Waals surface area contributed by atoms with Crippen LogP contribution in [0.15, 0.2) is 12.0 Å². The summed E-state index contributed by atoms with van der Waals surface area (Å²) < 4.78 is 4.88. The first-order valence-electron chi connectivity index (χ1n) is 10.6. The zero-order valence-corrected chi connectivity index (χ0v) is 16.8. The van der Waals surface area contributed by atoms with Crippen molar-refractivity contribution >= 4 is 5.97 Å². The minimum Gasteiger partial charge on any atom is -0.886 e. The van der Waals surface area contributed by atoms with E-state index in [1.54, 1.807) is 0 Å². The molecular formula is C22H38NO3-. The van der Waals surface area contributed by atoms with E-state index in [0.29, 0.717) is 6.61 Å². The van der Waals surface area contributed by atoms with Crippen molar-refractivity contribution in [1.29, 1.82) is 0 Å². The minimum absolute atomic E-state index is 0.253. The fourth-order valence-electron chi connectivity index (χ4n) is 3.01. The second-order valence-electron chi connectivity index (χ2n) is 7.05. The van der Waals surface area contributed by atoms with Gasteiger partial charge in [0.15, 0.2) is 0 Å². The third kappa shape index (κ3) is 16.0. The van der Waals surface area contributed by atoms with Gasteiger partial charge in [0, 0.05) is 0 Å². The van der Waals surface area contributed by atoms with Gasteiger partial charge in [0.1, 0.15) is 0 Å². The van der Waals surface area contributed by atoms with Gasteiger partial charge in [0.2, 0.25) is 0 Å². The largest absolute Gasteiger partial charge is 0.886 e. The number of esters is 1. The van der Waals surface area contributed by atoms with Gasteiger partial charge in [0.25, 0.3) is 5.70 Å². The van der Waals surface area contributed by atoms with Crippen LogP contribution in [0, 0.1) is 6.57 Å². The Hall–Kier alpha value is -1.50. The Bertz CT molecular complexity index is 399. The van der Waals surface area contributed by atoms with E-state index in [0.717, 1.165) is 19.3 Å². The maximum atomic E-state index is 11.3. The molecule has 0 aromatic heterocycles. The predicted octanol–water partition coefficient (Wildman–Crippen LogP) is 5.91. The number of rotatable bonds is 18. The smallest absolute Gasteiger partial charge is 0.334 e. The van der Waals surface area contributed by atoms with Crippen LogP contribution >= 0.6 is 0 Å². The molecule has 4 heteroatoms. The molecule has 0 aliphatic rings. The fraction of sp³-hybridized carbons (Fsp3) is 0.818. The number of ether oxygens (including phenoxy) is 1. The lowest BCUT2D eigenvalue weighted by atomic mass is 10.0. The maximum Gasteiger partial charge on any atom is 0.334 e. The molecule has 0 aromatic rings. The van der Waals surface area contributed by atoms with Crippen LogP contribution in [0.3, 0.4) is 0 Å². The van der Waals surface area contributed by atoms with Crippen molar-refractivity contribution in [3.05, 3.63) is 23.4 Å². The molecular weight excluding hydrogens is 326 g/mol. The van der Waals surface area contributed by atoms with Gasteiger partial charge in [-0.3, -0.25) is 4.79 Å². The van der Waals surface area contributed by atoms with Gasteiger partial charge >= 0.3 is 5.97 Å². The first-order chi connectivity index (χ1) is 12.8. The summed E-state index contributed by atoms with van der Waals surface area (Å²) in [6.07, 6.45) is 21.0. The molecule has 0 radical (unpaired) electrons. The quantitative estimate of drug-likeness (QED) is 0.0998. The van der Waals surface area contributed by atoms with Crippen molar-refractivity contribution in [3.63, 3.8) is 0 Å². The van der Waals surface area contributed by atoms with Gasteiger partial charge in [-0.15, -0.1) is 6.26 Å². The maximum absolute atomic E-state index is 11.3. The Labute approximate surface area is 160 Å². The van der Waals surface area contributed by atoms with Crippen LogP contribution in [0.25, 0.3) is 4.85 Å². The molecule has 0 aliphatic carbocycles. The van der Waals surface area contributed by atoms with Gasteiger partial charge < -0.3 is 9.84 Å². The lowest BCUT2D eigenvalue weighted by molar-refractivity contribution is -0.276. The van der Waals surface area contributed by atoms with Crippen LogP contribution in [0.1, 0.15) is 110 Å². The molecule has 0 bridgehead atoms. The van der Waals surface area contributed by atoms with E-state index in [1.165, 1.54) is 83.5 Å². The molecule has 0 fully saturated rings. The summed E-state index contributed by atoms with van der Waals surface area (Å²) in [5.41, 5.74) is -0.471. The van der Waals surface area contributed by atoms with Gasteiger partial charge in [-0.05, 0) is 6.42 Å². The lowest BCUT2D eigenvalue weighted by Gasteiger charge is -2.05. The highest BCUT2D eigenvalue weighted by molar-refractivity contribution is 5.89. The summed E-state index contributed by atoms with van der Waals surface area (Å²) in [5.74, 6) is -0.795. The fourth-order valence-corrected chi connectivity index (χ4v) is 3.01. The van der Waals surface area contributed by atoms with Crippen molar-refractivity contribution < 1.29 is 14.6 Å². The van der Waals surface area contributed by atoms with Crippen molar-refractivity contribution in [3.8, 4) is 0 Å². The average molecular weight is 365 g/mol. The monoisotopic (exact) mass is 364 g/mol. The Kier molecular flexibility index (Phi) is 18.7. The Balaban J connectivity index is 3.18. The Morgan fingerprint density at radius 3 is 1.54 bits per heavy atom. The van der Waals surface area contributed by atoms with E-state index in [4.69, 9.17) is 11.3 Å². The number of nitrogens with zero attached hydrogens (tertiary/aromatic N) is 1. The van der Waals surface area contributed by atoms with Crippen molar-refractivity contribution in [2.45, 2.75) is 110 Å². The van der Waals surface area contributed by atoms with E-state index in [2.05, 4.69) is 11.8 Å². The summed E-state index contributed by atoms with van der Waals surface area (Å²) >= 11 is 0. The average Bonchev–Trinajstić information content (AvgIpc) is 2.65. The Morgan fingerprint density at radius 2 is 1.19 bits per heavy atom. The van der Waals surface area contributed by atoms with Crippen molar-refractivity contribution in [2.75, 3.05) is 6.61 Å². The summed E-state index contributed by atoms with van der Waals surface area (Å²) in [4.78, 5) is 14.1. The molecule has 0 saturated carbocycles. The highest BCUT2D eigenvalue weighted by Crippen LogP contribution is 2.13. The van der Waals surface area contributed by atoms with Crippen LogP contribution in [0.2, 0.25) is 0 Å². The van der Waals surface area contributed by atoms with Crippen molar-refractivity contribution in [1.82, 2.24) is 0 Å². The molecule has 0 N–H and O–H groups in total. The lowest BCUT2D eigenvalue weighted by Crippen LogP contribution is -2.09. The van der Waals surface area contributed by atoms with E-state index in [9.17, 15) is 9.90 Å². The normalized spacial score (nSPS) is 11.3. The minimum atomic E-state index is -0.795. The predicted molar refractivity (Wildman–Crippen MR) is 105 cm³/mol. The van der Waals surface area contributed by atoms with E-state index in [-0.39, 0.29) is 6.26 Å². The third-order valence-electron chi connectivity index (χ3n) is 4.67. The molecule has 26 heavy (non-hydrogen) atoms. The number of carbonyl (C=O) groups is 1. The molecule has 0 atom stereocenters. The number of hydrogen-bond acceptors (Lipinski definition) is 3. The molecule has 0 aromatic carbocycles. The topological polar surface area (TPSA) is 53.7 Å².